The van der Waals surface area contributed by atoms with Crippen LogP contribution in [0, 0.1) is 5.41 Å². The number of phenolic OH excluding ortho intramolecular Hbond substituents is 1. The molecule has 1 aromatic heterocycles. The summed E-state index contributed by atoms with van der Waals surface area (Å²) < 4.78 is 0.932. The van der Waals surface area contributed by atoms with Crippen molar-refractivity contribution in [2.24, 2.45) is 5.41 Å². The van der Waals surface area contributed by atoms with Crippen molar-refractivity contribution in [3.05, 3.63) is 64.9 Å². The van der Waals surface area contributed by atoms with Crippen LogP contribution in [0.1, 0.15) is 44.9 Å². The number of rotatable bonds is 4. The molecule has 1 aliphatic rings. The van der Waals surface area contributed by atoms with Gasteiger partial charge in [0.15, 0.2) is 16.7 Å². The molecule has 1 amide bonds. The van der Waals surface area contributed by atoms with E-state index in [1.54, 1.807) is 32.9 Å². The van der Waals surface area contributed by atoms with Crippen LogP contribution in [-0.4, -0.2) is 26.9 Å². The highest BCUT2D eigenvalue weighted by Gasteiger charge is 2.47. The average Bonchev–Trinajstić information content (AvgIpc) is 3.25. The van der Waals surface area contributed by atoms with E-state index in [2.05, 4.69) is 11.9 Å². The van der Waals surface area contributed by atoms with Crippen LogP contribution in [0.3, 0.4) is 0 Å². The second-order valence-electron chi connectivity index (χ2n) is 8.66. The summed E-state index contributed by atoms with van der Waals surface area (Å²) in [5.74, 6) is -1.44. The lowest BCUT2D eigenvalue weighted by molar-refractivity contribution is -0.123. The number of hydrogen-bond donors (Lipinski definition) is 2. The summed E-state index contributed by atoms with van der Waals surface area (Å²) >= 11 is 1.35. The number of benzene rings is 2. The highest BCUT2D eigenvalue weighted by Crippen LogP contribution is 2.45. The maximum atomic E-state index is 13.2. The van der Waals surface area contributed by atoms with E-state index in [0.717, 1.165) is 22.2 Å². The number of Topliss-reactive ketones (excluding diaryl/α,β-unsaturated/α-hetero) is 1. The molecule has 160 valence electrons. The first-order chi connectivity index (χ1) is 14.6. The fourth-order valence-corrected chi connectivity index (χ4v) is 4.75. The average molecular weight is 437 g/mol. The van der Waals surface area contributed by atoms with Crippen molar-refractivity contribution in [3.8, 4) is 5.75 Å². The largest absolute Gasteiger partial charge is 0.508 e. The predicted octanol–water partition coefficient (Wildman–Crippen LogP) is 5.08. The van der Waals surface area contributed by atoms with Gasteiger partial charge in [0.1, 0.15) is 5.75 Å². The van der Waals surface area contributed by atoms with Crippen LogP contribution in [0.4, 0.5) is 5.13 Å². The van der Waals surface area contributed by atoms with Gasteiger partial charge in [-0.2, -0.15) is 0 Å². The van der Waals surface area contributed by atoms with E-state index in [1.165, 1.54) is 28.4 Å². The molecule has 4 rings (SSSR count). The van der Waals surface area contributed by atoms with Gasteiger partial charge in [0.2, 0.25) is 0 Å². The van der Waals surface area contributed by atoms with Gasteiger partial charge in [-0.05, 0) is 41.8 Å². The van der Waals surface area contributed by atoms with E-state index in [1.807, 2.05) is 18.2 Å². The van der Waals surface area contributed by atoms with Gasteiger partial charge in [-0.25, -0.2) is 4.98 Å². The Labute approximate surface area is 184 Å². The first-order valence-corrected chi connectivity index (χ1v) is 10.9. The molecule has 7 heteroatoms. The molecule has 0 saturated carbocycles. The zero-order chi connectivity index (χ0) is 22.5. The molecule has 2 heterocycles. The minimum absolute atomic E-state index is 0.0525. The Morgan fingerprint density at radius 3 is 2.42 bits per heavy atom. The number of carbonyl (C=O) groups is 2. The number of thiazole rings is 1. The third-order valence-corrected chi connectivity index (χ3v) is 6.42. The van der Waals surface area contributed by atoms with Crippen molar-refractivity contribution in [3.63, 3.8) is 0 Å². The number of hydrogen-bond acceptors (Lipinski definition) is 6. The number of aryl methyl sites for hydroxylation is 1. The molecule has 2 aromatic carbocycles. The molecule has 0 saturated heterocycles. The highest BCUT2D eigenvalue weighted by atomic mass is 32.1. The molecular formula is C24H24N2O4S. The van der Waals surface area contributed by atoms with Crippen LogP contribution in [0.25, 0.3) is 10.2 Å². The number of nitrogens with zero attached hydrogens (tertiary/aromatic N) is 2. The summed E-state index contributed by atoms with van der Waals surface area (Å²) in [6.45, 7) is 7.32. The summed E-state index contributed by atoms with van der Waals surface area (Å²) in [7, 11) is 0. The molecule has 3 aromatic rings. The number of aromatic hydroxyl groups is 1. The van der Waals surface area contributed by atoms with E-state index >= 15 is 0 Å². The standard InChI is InChI=1S/C24H24N2O4S/c1-5-13-6-11-16-17(12-13)31-23(25-16)26-19(14-7-9-15(27)10-8-14)18(20(28)22(26)30)21(29)24(2,3)4/h6-12,19,27-28H,5H2,1-4H3. The molecule has 0 radical (unpaired) electrons. The Kier molecular flexibility index (Phi) is 5.09. The number of aromatic nitrogens is 1. The molecule has 0 bridgehead atoms. The summed E-state index contributed by atoms with van der Waals surface area (Å²) in [4.78, 5) is 32.4. The number of anilines is 1. The van der Waals surface area contributed by atoms with E-state index in [0.29, 0.717) is 10.7 Å². The van der Waals surface area contributed by atoms with Crippen LogP contribution in [0.5, 0.6) is 5.75 Å². The normalized spacial score (nSPS) is 17.1. The van der Waals surface area contributed by atoms with E-state index in [9.17, 15) is 19.8 Å². The second-order valence-corrected chi connectivity index (χ2v) is 9.67. The number of fused-ring (bicyclic) bond motifs is 1. The number of amides is 1. The molecule has 0 spiro atoms. The maximum Gasteiger partial charge on any atom is 0.296 e. The molecule has 1 unspecified atom stereocenters. The van der Waals surface area contributed by atoms with Gasteiger partial charge in [-0.1, -0.05) is 57.2 Å². The highest BCUT2D eigenvalue weighted by molar-refractivity contribution is 7.22. The smallest absolute Gasteiger partial charge is 0.296 e. The third kappa shape index (κ3) is 3.59. The summed E-state index contributed by atoms with van der Waals surface area (Å²) in [6.07, 6.45) is 0.883. The van der Waals surface area contributed by atoms with Gasteiger partial charge in [0.05, 0.1) is 21.8 Å². The quantitative estimate of drug-likeness (QED) is 0.595. The lowest BCUT2D eigenvalue weighted by Gasteiger charge is -2.27. The minimum atomic E-state index is -0.828. The van der Waals surface area contributed by atoms with Gasteiger partial charge in [-0.3, -0.25) is 14.5 Å². The lowest BCUT2D eigenvalue weighted by Crippen LogP contribution is -2.32. The van der Waals surface area contributed by atoms with Crippen molar-refractivity contribution in [1.82, 2.24) is 4.98 Å². The van der Waals surface area contributed by atoms with Gasteiger partial charge in [0.25, 0.3) is 5.91 Å². The Hall–Kier alpha value is -3.19. The van der Waals surface area contributed by atoms with Crippen LogP contribution in [0.2, 0.25) is 0 Å². The Balaban J connectivity index is 1.89. The Bertz CT molecular complexity index is 1220. The second kappa shape index (κ2) is 7.50. The fraction of sp³-hybridized carbons (Fsp3) is 0.292. The van der Waals surface area contributed by atoms with Gasteiger partial charge < -0.3 is 10.2 Å². The molecule has 1 aliphatic heterocycles. The summed E-state index contributed by atoms with van der Waals surface area (Å²) in [6, 6.07) is 11.4. The maximum absolute atomic E-state index is 13.2. The molecule has 0 aliphatic carbocycles. The third-order valence-electron chi connectivity index (χ3n) is 5.40. The first-order valence-electron chi connectivity index (χ1n) is 10.1. The zero-order valence-electron chi connectivity index (χ0n) is 17.8. The lowest BCUT2D eigenvalue weighted by atomic mass is 9.82. The number of ketones is 1. The monoisotopic (exact) mass is 436 g/mol. The SMILES string of the molecule is CCc1ccc2nc(N3C(=O)C(O)=C(C(=O)C(C)(C)C)C3c3ccc(O)cc3)sc2c1. The van der Waals surface area contributed by atoms with Crippen molar-refractivity contribution in [2.45, 2.75) is 40.2 Å². The molecule has 0 fully saturated rings. The zero-order valence-corrected chi connectivity index (χ0v) is 18.7. The van der Waals surface area contributed by atoms with Crippen LogP contribution in [0.15, 0.2) is 53.8 Å². The van der Waals surface area contributed by atoms with E-state index in [4.69, 9.17) is 0 Å². The van der Waals surface area contributed by atoms with Crippen LogP contribution in [-0.2, 0) is 16.0 Å². The number of aliphatic hydroxyl groups excluding tert-OH is 1. The number of aliphatic hydroxyl groups is 1. The number of phenols is 1. The number of carbonyl (C=O) groups excluding carboxylic acids is 2. The van der Waals surface area contributed by atoms with Gasteiger partial charge in [0, 0.05) is 5.41 Å². The molecular weight excluding hydrogens is 412 g/mol. The van der Waals surface area contributed by atoms with E-state index < -0.39 is 23.1 Å². The van der Waals surface area contributed by atoms with Crippen molar-refractivity contribution >= 4 is 38.4 Å². The first kappa shape index (κ1) is 21.1. The molecule has 2 N–H and O–H groups in total. The van der Waals surface area contributed by atoms with Crippen LogP contribution < -0.4 is 4.90 Å². The van der Waals surface area contributed by atoms with Gasteiger partial charge in [-0.15, -0.1) is 0 Å². The Morgan fingerprint density at radius 2 is 1.81 bits per heavy atom. The van der Waals surface area contributed by atoms with Crippen molar-refractivity contribution < 1.29 is 19.8 Å². The fourth-order valence-electron chi connectivity index (χ4n) is 3.69. The molecule has 1 atom stereocenters. The topological polar surface area (TPSA) is 90.7 Å². The summed E-state index contributed by atoms with van der Waals surface area (Å²) in [5.41, 5.74) is 1.78. The summed E-state index contributed by atoms with van der Waals surface area (Å²) in [5, 5.41) is 20.9. The van der Waals surface area contributed by atoms with Crippen molar-refractivity contribution in [2.75, 3.05) is 4.90 Å². The molecule has 31 heavy (non-hydrogen) atoms. The van der Waals surface area contributed by atoms with Crippen LogP contribution >= 0.6 is 11.3 Å². The van der Waals surface area contributed by atoms with Gasteiger partial charge >= 0.3 is 0 Å². The molecule has 6 nitrogen and oxygen atoms in total. The predicted molar refractivity (Wildman–Crippen MR) is 121 cm³/mol. The van der Waals surface area contributed by atoms with Crippen molar-refractivity contribution in [1.29, 1.82) is 0 Å². The Morgan fingerprint density at radius 1 is 1.13 bits per heavy atom. The minimum Gasteiger partial charge on any atom is -0.508 e. The van der Waals surface area contributed by atoms with E-state index in [-0.39, 0.29) is 17.1 Å².